The summed E-state index contributed by atoms with van der Waals surface area (Å²) in [5.41, 5.74) is 1.46. The molecule has 0 radical (unpaired) electrons. The fraction of sp³-hybridized carbons (Fsp3) is 0.176. The van der Waals surface area contributed by atoms with E-state index in [1.54, 1.807) is 18.2 Å². The molecule has 0 amide bonds. The SMILES string of the molecule is CC1(C)c2ccc(C(=O)O)cc2Oc2ccc(C(=O)O)cc21. The summed E-state index contributed by atoms with van der Waals surface area (Å²) in [5, 5.41) is 18.2. The van der Waals surface area contributed by atoms with Gasteiger partial charge in [0.05, 0.1) is 11.1 Å². The Kier molecular flexibility index (Phi) is 2.95. The molecule has 0 bridgehead atoms. The van der Waals surface area contributed by atoms with Crippen LogP contribution in [0, 0.1) is 0 Å². The molecule has 0 atom stereocenters. The molecule has 3 rings (SSSR count). The molecule has 0 unspecified atom stereocenters. The van der Waals surface area contributed by atoms with E-state index < -0.39 is 17.4 Å². The van der Waals surface area contributed by atoms with Gasteiger partial charge in [-0.25, -0.2) is 9.59 Å². The van der Waals surface area contributed by atoms with Gasteiger partial charge in [0.25, 0.3) is 0 Å². The molecule has 1 heterocycles. The van der Waals surface area contributed by atoms with Crippen molar-refractivity contribution in [2.75, 3.05) is 0 Å². The molecule has 112 valence electrons. The van der Waals surface area contributed by atoms with E-state index in [2.05, 4.69) is 0 Å². The third-order valence-corrected chi connectivity index (χ3v) is 4.02. The zero-order valence-corrected chi connectivity index (χ0v) is 12.1. The molecule has 1 aliphatic rings. The Hall–Kier alpha value is -2.82. The van der Waals surface area contributed by atoms with Crippen LogP contribution in [0.15, 0.2) is 36.4 Å². The van der Waals surface area contributed by atoms with Crippen LogP contribution in [0.1, 0.15) is 45.7 Å². The number of fused-ring (bicyclic) bond motifs is 2. The van der Waals surface area contributed by atoms with Gasteiger partial charge in [-0.2, -0.15) is 0 Å². The van der Waals surface area contributed by atoms with Crippen molar-refractivity contribution in [3.8, 4) is 11.5 Å². The lowest BCUT2D eigenvalue weighted by molar-refractivity contribution is 0.0685. The molecule has 5 nitrogen and oxygen atoms in total. The zero-order valence-electron chi connectivity index (χ0n) is 12.1. The first kappa shape index (κ1) is 14.1. The molecule has 2 aromatic rings. The van der Waals surface area contributed by atoms with E-state index in [4.69, 9.17) is 14.9 Å². The Bertz CT molecular complexity index is 805. The van der Waals surface area contributed by atoms with Crippen LogP contribution in [0.4, 0.5) is 0 Å². The molecule has 2 aromatic carbocycles. The van der Waals surface area contributed by atoms with Gasteiger partial charge in [0.2, 0.25) is 0 Å². The second kappa shape index (κ2) is 4.59. The maximum Gasteiger partial charge on any atom is 0.335 e. The van der Waals surface area contributed by atoms with Gasteiger partial charge in [0.15, 0.2) is 0 Å². The van der Waals surface area contributed by atoms with Crippen molar-refractivity contribution in [3.63, 3.8) is 0 Å². The normalized spacial score (nSPS) is 14.5. The molecule has 0 saturated heterocycles. The number of hydrogen-bond acceptors (Lipinski definition) is 3. The van der Waals surface area contributed by atoms with Gasteiger partial charge in [0, 0.05) is 16.5 Å². The molecule has 2 N–H and O–H groups in total. The number of hydrogen-bond donors (Lipinski definition) is 2. The van der Waals surface area contributed by atoms with E-state index in [9.17, 15) is 9.59 Å². The lowest BCUT2D eigenvalue weighted by atomic mass is 9.75. The van der Waals surface area contributed by atoms with Crippen LogP contribution in [0.25, 0.3) is 0 Å². The summed E-state index contributed by atoms with van der Waals surface area (Å²) in [5.74, 6) is -0.979. The number of carboxylic acids is 2. The topological polar surface area (TPSA) is 83.8 Å². The summed E-state index contributed by atoms with van der Waals surface area (Å²) in [6, 6.07) is 9.42. The van der Waals surface area contributed by atoms with Crippen molar-refractivity contribution in [2.45, 2.75) is 19.3 Å². The van der Waals surface area contributed by atoms with Gasteiger partial charge in [-0.05, 0) is 30.3 Å². The lowest BCUT2D eigenvalue weighted by Crippen LogP contribution is -2.25. The van der Waals surface area contributed by atoms with E-state index >= 15 is 0 Å². The molecule has 5 heteroatoms. The van der Waals surface area contributed by atoms with Gasteiger partial charge in [-0.15, -0.1) is 0 Å². The molecule has 0 aromatic heterocycles. The summed E-state index contributed by atoms with van der Waals surface area (Å²) in [6.45, 7) is 3.92. The highest BCUT2D eigenvalue weighted by atomic mass is 16.5. The third kappa shape index (κ3) is 2.02. The standard InChI is InChI=1S/C17H14O5/c1-17(2)11-5-3-10(16(20)21)8-14(11)22-13-6-4-9(15(18)19)7-12(13)17/h3-8H,1-2H3,(H,18,19)(H,20,21). The Morgan fingerprint density at radius 3 is 2.09 bits per heavy atom. The molecular weight excluding hydrogens is 284 g/mol. The minimum Gasteiger partial charge on any atom is -0.478 e. The number of carbonyl (C=O) groups is 2. The summed E-state index contributed by atoms with van der Waals surface area (Å²) in [6.07, 6.45) is 0. The molecule has 0 aliphatic carbocycles. The van der Waals surface area contributed by atoms with Crippen LogP contribution in [0.2, 0.25) is 0 Å². The van der Waals surface area contributed by atoms with Crippen LogP contribution in [-0.4, -0.2) is 22.2 Å². The van der Waals surface area contributed by atoms with Gasteiger partial charge < -0.3 is 14.9 Å². The maximum absolute atomic E-state index is 11.2. The Morgan fingerprint density at radius 2 is 1.45 bits per heavy atom. The van der Waals surface area contributed by atoms with Crippen molar-refractivity contribution in [3.05, 3.63) is 58.7 Å². The van der Waals surface area contributed by atoms with Crippen LogP contribution in [0.3, 0.4) is 0 Å². The highest BCUT2D eigenvalue weighted by Gasteiger charge is 2.35. The maximum atomic E-state index is 11.2. The molecule has 22 heavy (non-hydrogen) atoms. The largest absolute Gasteiger partial charge is 0.478 e. The van der Waals surface area contributed by atoms with E-state index in [-0.39, 0.29) is 11.1 Å². The van der Waals surface area contributed by atoms with E-state index in [1.165, 1.54) is 18.2 Å². The van der Waals surface area contributed by atoms with Gasteiger partial charge in [-0.1, -0.05) is 19.9 Å². The second-order valence-electron chi connectivity index (χ2n) is 5.76. The summed E-state index contributed by atoms with van der Waals surface area (Å²) in [4.78, 5) is 22.2. The van der Waals surface area contributed by atoms with Crippen LogP contribution in [-0.2, 0) is 5.41 Å². The van der Waals surface area contributed by atoms with Crippen LogP contribution in [0.5, 0.6) is 11.5 Å². The van der Waals surface area contributed by atoms with Crippen molar-refractivity contribution < 1.29 is 24.5 Å². The molecule has 0 saturated carbocycles. The predicted octanol–water partition coefficient (Wildman–Crippen LogP) is 3.51. The van der Waals surface area contributed by atoms with Crippen LogP contribution < -0.4 is 4.74 Å². The van der Waals surface area contributed by atoms with Crippen molar-refractivity contribution in [2.24, 2.45) is 0 Å². The van der Waals surface area contributed by atoms with Crippen molar-refractivity contribution in [1.82, 2.24) is 0 Å². The number of rotatable bonds is 2. The molecule has 0 fully saturated rings. The minimum absolute atomic E-state index is 0.153. The number of carboxylic acid groups (broad SMARTS) is 2. The van der Waals surface area contributed by atoms with E-state index in [0.717, 1.165) is 11.1 Å². The van der Waals surface area contributed by atoms with Gasteiger partial charge in [-0.3, -0.25) is 0 Å². The zero-order chi connectivity index (χ0) is 16.1. The highest BCUT2D eigenvalue weighted by molar-refractivity contribution is 5.89. The second-order valence-corrected chi connectivity index (χ2v) is 5.76. The average Bonchev–Trinajstić information content (AvgIpc) is 2.46. The highest BCUT2D eigenvalue weighted by Crippen LogP contribution is 2.48. The molecular formula is C17H14O5. The van der Waals surface area contributed by atoms with Crippen molar-refractivity contribution >= 4 is 11.9 Å². The molecule has 1 aliphatic heterocycles. The predicted molar refractivity (Wildman–Crippen MR) is 79.0 cm³/mol. The quantitative estimate of drug-likeness (QED) is 0.886. The Labute approximate surface area is 126 Å². The van der Waals surface area contributed by atoms with Gasteiger partial charge >= 0.3 is 11.9 Å². The van der Waals surface area contributed by atoms with E-state index in [0.29, 0.717) is 11.5 Å². The molecule has 0 spiro atoms. The Morgan fingerprint density at radius 1 is 0.864 bits per heavy atom. The summed E-state index contributed by atoms with van der Waals surface area (Å²) < 4.78 is 5.78. The fourth-order valence-corrected chi connectivity index (χ4v) is 2.76. The minimum atomic E-state index is -1.02. The lowest BCUT2D eigenvalue weighted by Gasteiger charge is -2.34. The van der Waals surface area contributed by atoms with Crippen molar-refractivity contribution in [1.29, 1.82) is 0 Å². The number of aromatic carboxylic acids is 2. The van der Waals surface area contributed by atoms with Gasteiger partial charge in [0.1, 0.15) is 11.5 Å². The fourth-order valence-electron chi connectivity index (χ4n) is 2.76. The summed E-state index contributed by atoms with van der Waals surface area (Å²) >= 11 is 0. The smallest absolute Gasteiger partial charge is 0.335 e. The first-order valence-electron chi connectivity index (χ1n) is 6.74. The van der Waals surface area contributed by atoms with Crippen LogP contribution >= 0.6 is 0 Å². The average molecular weight is 298 g/mol. The monoisotopic (exact) mass is 298 g/mol. The summed E-state index contributed by atoms with van der Waals surface area (Å²) in [7, 11) is 0. The first-order valence-corrected chi connectivity index (χ1v) is 6.74. The van der Waals surface area contributed by atoms with E-state index in [1.807, 2.05) is 13.8 Å². The first-order chi connectivity index (χ1) is 10.3. The number of ether oxygens (including phenoxy) is 1. The third-order valence-electron chi connectivity index (χ3n) is 4.02. The number of benzene rings is 2. The Balaban J connectivity index is 2.18.